The molecule has 0 unspecified atom stereocenters. The summed E-state index contributed by atoms with van der Waals surface area (Å²) in [6.45, 7) is 4.01. The van der Waals surface area contributed by atoms with Crippen molar-refractivity contribution in [3.8, 4) is 0 Å². The van der Waals surface area contributed by atoms with Gasteiger partial charge in [0.1, 0.15) is 6.10 Å². The van der Waals surface area contributed by atoms with E-state index in [-0.39, 0.29) is 11.9 Å². The fraction of sp³-hybridized carbons (Fsp3) is 0.857. The summed E-state index contributed by atoms with van der Waals surface area (Å²) < 4.78 is 0. The third-order valence-electron chi connectivity index (χ3n) is 1.17. The Morgan fingerprint density at radius 1 is 1.64 bits per heavy atom. The second-order valence-electron chi connectivity index (χ2n) is 2.76. The van der Waals surface area contributed by atoms with E-state index >= 15 is 0 Å². The molecule has 0 saturated carbocycles. The van der Waals surface area contributed by atoms with Gasteiger partial charge < -0.3 is 16.2 Å². The first-order valence-corrected chi connectivity index (χ1v) is 3.76. The van der Waals surface area contributed by atoms with Crippen molar-refractivity contribution in [2.45, 2.75) is 32.4 Å². The maximum atomic E-state index is 10.9. The van der Waals surface area contributed by atoms with Crippen LogP contribution in [0.2, 0.25) is 0 Å². The summed E-state index contributed by atoms with van der Waals surface area (Å²) in [4.78, 5) is 10.9. The average Bonchev–Trinajstić information content (AvgIpc) is 1.86. The molecular weight excluding hydrogens is 144 g/mol. The Morgan fingerprint density at radius 2 is 2.18 bits per heavy atom. The number of hydrogen-bond acceptors (Lipinski definition) is 3. The minimum atomic E-state index is -0.956. The van der Waals surface area contributed by atoms with E-state index in [2.05, 4.69) is 5.32 Å². The summed E-state index contributed by atoms with van der Waals surface area (Å²) in [6.07, 6.45) is -0.638. The quantitative estimate of drug-likeness (QED) is 0.505. The minimum Gasteiger partial charge on any atom is -0.383 e. The van der Waals surface area contributed by atoms with E-state index < -0.39 is 6.10 Å². The van der Waals surface area contributed by atoms with Gasteiger partial charge in [0, 0.05) is 6.04 Å². The molecule has 0 aromatic rings. The lowest BCUT2D eigenvalue weighted by Gasteiger charge is -2.12. The summed E-state index contributed by atoms with van der Waals surface area (Å²) in [5, 5.41) is 11.7. The third-order valence-corrected chi connectivity index (χ3v) is 1.17. The molecule has 1 amide bonds. The molecule has 0 saturated heterocycles. The Kier molecular flexibility index (Phi) is 4.81. The first-order chi connectivity index (χ1) is 5.07. The van der Waals surface area contributed by atoms with Crippen molar-refractivity contribution in [2.75, 3.05) is 6.54 Å². The zero-order valence-electron chi connectivity index (χ0n) is 7.00. The van der Waals surface area contributed by atoms with E-state index in [9.17, 15) is 4.79 Å². The summed E-state index contributed by atoms with van der Waals surface area (Å²) in [5.74, 6) is -0.342. The Morgan fingerprint density at radius 3 is 2.55 bits per heavy atom. The van der Waals surface area contributed by atoms with Crippen LogP contribution < -0.4 is 11.1 Å². The molecule has 0 aliphatic rings. The second-order valence-corrected chi connectivity index (χ2v) is 2.76. The molecule has 66 valence electrons. The highest BCUT2D eigenvalue weighted by molar-refractivity contribution is 5.80. The summed E-state index contributed by atoms with van der Waals surface area (Å²) in [5.41, 5.74) is 5.16. The van der Waals surface area contributed by atoms with Crippen molar-refractivity contribution in [1.29, 1.82) is 0 Å². The number of carbonyl (C=O) groups excluding carboxylic acids is 1. The standard InChI is InChI=1S/C7H16N2O2/c1-5(2)9-7(11)6(10)3-4-8/h5-6,10H,3-4,8H2,1-2H3,(H,9,11)/t6-/m0/s1. The van der Waals surface area contributed by atoms with E-state index in [4.69, 9.17) is 10.8 Å². The monoisotopic (exact) mass is 160 g/mol. The highest BCUT2D eigenvalue weighted by atomic mass is 16.3. The maximum absolute atomic E-state index is 10.9. The van der Waals surface area contributed by atoms with Gasteiger partial charge in [0.2, 0.25) is 5.91 Å². The van der Waals surface area contributed by atoms with Crippen molar-refractivity contribution in [3.05, 3.63) is 0 Å². The first-order valence-electron chi connectivity index (χ1n) is 3.76. The molecule has 4 N–H and O–H groups in total. The van der Waals surface area contributed by atoms with Crippen molar-refractivity contribution >= 4 is 5.91 Å². The third kappa shape index (κ3) is 4.75. The Labute approximate surface area is 66.8 Å². The van der Waals surface area contributed by atoms with Gasteiger partial charge in [0.05, 0.1) is 0 Å². The predicted molar refractivity (Wildman–Crippen MR) is 43.0 cm³/mol. The van der Waals surface area contributed by atoms with E-state index in [0.717, 1.165) is 0 Å². The van der Waals surface area contributed by atoms with Gasteiger partial charge in [-0.3, -0.25) is 4.79 Å². The number of aliphatic hydroxyl groups excluding tert-OH is 1. The molecule has 0 heterocycles. The lowest BCUT2D eigenvalue weighted by atomic mass is 10.2. The predicted octanol–water partition coefficient (Wildman–Crippen LogP) is -0.779. The van der Waals surface area contributed by atoms with E-state index in [1.165, 1.54) is 0 Å². The number of amides is 1. The number of hydrogen-bond donors (Lipinski definition) is 3. The van der Waals surface area contributed by atoms with Crippen LogP contribution in [0.1, 0.15) is 20.3 Å². The van der Waals surface area contributed by atoms with Gasteiger partial charge >= 0.3 is 0 Å². The number of nitrogens with two attached hydrogens (primary N) is 1. The van der Waals surface area contributed by atoms with Crippen LogP contribution in [0.3, 0.4) is 0 Å². The van der Waals surface area contributed by atoms with Crippen LogP contribution >= 0.6 is 0 Å². The van der Waals surface area contributed by atoms with Gasteiger partial charge in [0.25, 0.3) is 0 Å². The van der Waals surface area contributed by atoms with Crippen LogP contribution in [0, 0.1) is 0 Å². The van der Waals surface area contributed by atoms with Crippen LogP contribution in [0.25, 0.3) is 0 Å². The molecule has 0 radical (unpaired) electrons. The molecule has 1 atom stereocenters. The van der Waals surface area contributed by atoms with Crippen molar-refractivity contribution in [3.63, 3.8) is 0 Å². The van der Waals surface area contributed by atoms with Crippen LogP contribution in [-0.4, -0.2) is 29.7 Å². The molecular formula is C7H16N2O2. The molecule has 0 aromatic heterocycles. The van der Waals surface area contributed by atoms with Crippen molar-refractivity contribution < 1.29 is 9.90 Å². The highest BCUT2D eigenvalue weighted by Crippen LogP contribution is 1.90. The highest BCUT2D eigenvalue weighted by Gasteiger charge is 2.13. The number of nitrogens with one attached hydrogen (secondary N) is 1. The Hall–Kier alpha value is -0.610. The Bertz CT molecular complexity index is 126. The maximum Gasteiger partial charge on any atom is 0.249 e. The van der Waals surface area contributed by atoms with Crippen molar-refractivity contribution in [1.82, 2.24) is 5.32 Å². The van der Waals surface area contributed by atoms with Gasteiger partial charge in [-0.1, -0.05) is 0 Å². The van der Waals surface area contributed by atoms with Crippen LogP contribution in [0.15, 0.2) is 0 Å². The number of aliphatic hydroxyl groups is 1. The van der Waals surface area contributed by atoms with Crippen molar-refractivity contribution in [2.24, 2.45) is 5.73 Å². The fourth-order valence-electron chi connectivity index (χ4n) is 0.670. The minimum absolute atomic E-state index is 0.0647. The summed E-state index contributed by atoms with van der Waals surface area (Å²) in [7, 11) is 0. The topological polar surface area (TPSA) is 75.3 Å². The van der Waals surface area contributed by atoms with Crippen LogP contribution in [0.4, 0.5) is 0 Å². The average molecular weight is 160 g/mol. The SMILES string of the molecule is CC(C)NC(=O)[C@@H](O)CCN. The van der Waals surface area contributed by atoms with Gasteiger partial charge in [0.15, 0.2) is 0 Å². The Balaban J connectivity index is 3.64. The lowest BCUT2D eigenvalue weighted by Crippen LogP contribution is -2.39. The van der Waals surface area contributed by atoms with E-state index in [1.807, 2.05) is 13.8 Å². The van der Waals surface area contributed by atoms with Crippen LogP contribution in [-0.2, 0) is 4.79 Å². The number of carbonyl (C=O) groups is 1. The molecule has 4 heteroatoms. The summed E-state index contributed by atoms with van der Waals surface area (Å²) in [6, 6.07) is 0.0647. The summed E-state index contributed by atoms with van der Waals surface area (Å²) >= 11 is 0. The van der Waals surface area contributed by atoms with Gasteiger partial charge in [-0.15, -0.1) is 0 Å². The van der Waals surface area contributed by atoms with E-state index in [1.54, 1.807) is 0 Å². The smallest absolute Gasteiger partial charge is 0.249 e. The van der Waals surface area contributed by atoms with Crippen LogP contribution in [0.5, 0.6) is 0 Å². The van der Waals surface area contributed by atoms with Gasteiger partial charge in [-0.2, -0.15) is 0 Å². The molecule has 0 bridgehead atoms. The molecule has 0 spiro atoms. The molecule has 0 aromatic carbocycles. The zero-order chi connectivity index (χ0) is 8.85. The molecule has 0 aliphatic carbocycles. The van der Waals surface area contributed by atoms with Gasteiger partial charge in [-0.25, -0.2) is 0 Å². The first kappa shape index (κ1) is 10.4. The number of rotatable bonds is 4. The molecule has 4 nitrogen and oxygen atoms in total. The molecule has 0 rings (SSSR count). The molecule has 0 aliphatic heterocycles. The second kappa shape index (κ2) is 5.09. The van der Waals surface area contributed by atoms with Gasteiger partial charge in [-0.05, 0) is 26.8 Å². The fourth-order valence-corrected chi connectivity index (χ4v) is 0.670. The zero-order valence-corrected chi connectivity index (χ0v) is 7.00. The largest absolute Gasteiger partial charge is 0.383 e. The lowest BCUT2D eigenvalue weighted by molar-refractivity contribution is -0.130. The molecule has 0 fully saturated rings. The molecule has 11 heavy (non-hydrogen) atoms. The van der Waals surface area contributed by atoms with E-state index in [0.29, 0.717) is 13.0 Å². The normalized spacial score (nSPS) is 13.2.